The SMILES string of the molecule is CN/N=C1\C(=N)C(c2ccc3c(c2)c2ccccc2n3C)=CC=C1N(c1cccc2nn(C)nc12)c1ccc(-c2ccc3c(c2)C2C=CC=CC2N3C)c2nn(C)nc12. The van der Waals surface area contributed by atoms with Crippen molar-refractivity contribution >= 4 is 77.9 Å². The standard InChI is InChI=1S/C47H40N12/c1-49-50-46-41(23-19-29(43(46)48)27-17-21-38-33(25-27)31-11-6-8-14-36(31)55(38)2)59(40-16-10-13-35-45(40)53-57(4)51-35)42-24-20-30(44-47(42)54-58(5)52-44)28-18-22-39-34(26-28)32-12-7-9-15-37(32)56(39)3/h6-26,32,37,48-49H,1-5H3/b48-43?,50-46-. The van der Waals surface area contributed by atoms with Crippen molar-refractivity contribution in [3.05, 3.63) is 144 Å². The van der Waals surface area contributed by atoms with Crippen LogP contribution < -0.4 is 15.2 Å². The summed E-state index contributed by atoms with van der Waals surface area (Å²) in [5.74, 6) is 0.282. The molecule has 2 aliphatic carbocycles. The Morgan fingerprint density at radius 3 is 2.34 bits per heavy atom. The number of hydrazone groups is 1. The maximum absolute atomic E-state index is 9.80. The average Bonchev–Trinajstić information content (AvgIpc) is 3.99. The normalized spacial score (nSPS) is 18.0. The van der Waals surface area contributed by atoms with Gasteiger partial charge in [-0.05, 0) is 83.4 Å². The molecule has 3 aliphatic rings. The number of hydrogen-bond acceptors (Lipinski definition) is 9. The summed E-state index contributed by atoms with van der Waals surface area (Å²) in [5, 5.41) is 36.4. The minimum atomic E-state index is 0.282. The molecular weight excluding hydrogens is 733 g/mol. The van der Waals surface area contributed by atoms with Gasteiger partial charge in [-0.25, -0.2) is 0 Å². The molecule has 0 fully saturated rings. The van der Waals surface area contributed by atoms with Crippen LogP contribution in [0.25, 0.3) is 60.6 Å². The monoisotopic (exact) mass is 772 g/mol. The maximum Gasteiger partial charge on any atom is 0.137 e. The molecule has 12 nitrogen and oxygen atoms in total. The summed E-state index contributed by atoms with van der Waals surface area (Å²) in [4.78, 5) is 7.68. The van der Waals surface area contributed by atoms with E-state index in [0.717, 1.165) is 55.6 Å². The van der Waals surface area contributed by atoms with Crippen LogP contribution in [0.1, 0.15) is 17.0 Å². The lowest BCUT2D eigenvalue weighted by Crippen LogP contribution is -2.32. The molecule has 8 aromatic rings. The van der Waals surface area contributed by atoms with E-state index in [1.54, 1.807) is 16.6 Å². The van der Waals surface area contributed by atoms with Gasteiger partial charge in [-0.1, -0.05) is 60.7 Å². The molecule has 0 saturated heterocycles. The van der Waals surface area contributed by atoms with Crippen LogP contribution in [0, 0.1) is 5.41 Å². The smallest absolute Gasteiger partial charge is 0.137 e. The van der Waals surface area contributed by atoms with Crippen molar-refractivity contribution in [1.82, 2.24) is 40.0 Å². The zero-order valence-electron chi connectivity index (χ0n) is 33.3. The molecular formula is C47H40N12. The number of hydrogen-bond donors (Lipinski definition) is 2. The van der Waals surface area contributed by atoms with E-state index < -0.39 is 0 Å². The molecule has 2 unspecified atom stereocenters. The summed E-state index contributed by atoms with van der Waals surface area (Å²) in [5.41, 5.74) is 17.5. The summed E-state index contributed by atoms with van der Waals surface area (Å²) in [6.45, 7) is 0. The van der Waals surface area contributed by atoms with Crippen LogP contribution in [0.15, 0.2) is 138 Å². The van der Waals surface area contributed by atoms with E-state index in [-0.39, 0.29) is 11.6 Å². The first-order valence-electron chi connectivity index (χ1n) is 19.7. The second-order valence-electron chi connectivity index (χ2n) is 15.4. The fourth-order valence-electron chi connectivity index (χ4n) is 9.37. The van der Waals surface area contributed by atoms with Crippen molar-refractivity contribution in [3.8, 4) is 11.1 Å². The molecule has 4 heterocycles. The largest absolute Gasteiger partial charge is 0.367 e. The predicted octanol–water partition coefficient (Wildman–Crippen LogP) is 8.30. The summed E-state index contributed by atoms with van der Waals surface area (Å²) in [6.07, 6.45) is 12.9. The number of likely N-dealkylation sites (N-methyl/N-ethyl adjacent to an activating group) is 1. The van der Waals surface area contributed by atoms with Crippen LogP contribution in [0.2, 0.25) is 0 Å². The van der Waals surface area contributed by atoms with Gasteiger partial charge in [0.25, 0.3) is 0 Å². The molecule has 3 aromatic heterocycles. The van der Waals surface area contributed by atoms with Crippen molar-refractivity contribution in [2.75, 3.05) is 23.9 Å². The first-order chi connectivity index (χ1) is 28.8. The zero-order chi connectivity index (χ0) is 40.1. The molecule has 59 heavy (non-hydrogen) atoms. The molecule has 2 atom stereocenters. The van der Waals surface area contributed by atoms with Gasteiger partial charge in [0, 0.05) is 79.8 Å². The third-order valence-corrected chi connectivity index (χ3v) is 12.1. The number of benzene rings is 5. The third kappa shape index (κ3) is 5.15. The van der Waals surface area contributed by atoms with Crippen LogP contribution in [-0.4, -0.2) is 66.1 Å². The number of rotatable bonds is 6. The van der Waals surface area contributed by atoms with Gasteiger partial charge < -0.3 is 19.8 Å². The molecule has 2 N–H and O–H groups in total. The lowest BCUT2D eigenvalue weighted by Gasteiger charge is -2.31. The highest BCUT2D eigenvalue weighted by Crippen LogP contribution is 2.46. The van der Waals surface area contributed by atoms with E-state index in [0.29, 0.717) is 28.5 Å². The Labute approximate surface area is 339 Å². The molecule has 5 aromatic carbocycles. The molecule has 288 valence electrons. The van der Waals surface area contributed by atoms with E-state index in [1.165, 1.54) is 22.2 Å². The topological polar surface area (TPSA) is 121 Å². The van der Waals surface area contributed by atoms with Crippen LogP contribution in [0.4, 0.5) is 17.1 Å². The number of fused-ring (bicyclic) bond motifs is 8. The quantitative estimate of drug-likeness (QED) is 0.129. The molecule has 1 aliphatic heterocycles. The fourth-order valence-corrected chi connectivity index (χ4v) is 9.37. The minimum absolute atomic E-state index is 0.282. The van der Waals surface area contributed by atoms with Crippen LogP contribution >= 0.6 is 0 Å². The number of anilines is 3. The molecule has 0 radical (unpaired) electrons. The van der Waals surface area contributed by atoms with Gasteiger partial charge in [0.1, 0.15) is 27.8 Å². The maximum atomic E-state index is 9.80. The number of aromatic nitrogens is 7. The Bertz CT molecular complexity index is 3260. The van der Waals surface area contributed by atoms with Crippen molar-refractivity contribution < 1.29 is 0 Å². The second-order valence-corrected chi connectivity index (χ2v) is 15.4. The summed E-state index contributed by atoms with van der Waals surface area (Å²) in [7, 11) is 9.70. The van der Waals surface area contributed by atoms with Crippen molar-refractivity contribution in [1.29, 1.82) is 5.41 Å². The summed E-state index contributed by atoms with van der Waals surface area (Å²) in [6, 6.07) is 32.1. The fraction of sp³-hybridized carbons (Fsp3) is 0.149. The Morgan fingerprint density at radius 2 is 1.46 bits per heavy atom. The first-order valence-corrected chi connectivity index (χ1v) is 19.7. The molecule has 0 saturated carbocycles. The second kappa shape index (κ2) is 13.0. The van der Waals surface area contributed by atoms with Crippen LogP contribution in [0.3, 0.4) is 0 Å². The highest BCUT2D eigenvalue weighted by atomic mass is 15.5. The van der Waals surface area contributed by atoms with E-state index in [4.69, 9.17) is 20.4 Å². The molecule has 0 amide bonds. The van der Waals surface area contributed by atoms with Gasteiger partial charge in [-0.3, -0.25) is 5.41 Å². The summed E-state index contributed by atoms with van der Waals surface area (Å²) >= 11 is 0. The van der Waals surface area contributed by atoms with Gasteiger partial charge in [-0.2, -0.15) is 35.1 Å². The third-order valence-electron chi connectivity index (χ3n) is 12.1. The number of aryl methyl sites for hydroxylation is 3. The molecule has 12 heteroatoms. The predicted molar refractivity (Wildman–Crippen MR) is 239 cm³/mol. The zero-order valence-corrected chi connectivity index (χ0v) is 33.3. The number of para-hydroxylation sites is 1. The van der Waals surface area contributed by atoms with Crippen molar-refractivity contribution in [2.24, 2.45) is 26.2 Å². The van der Waals surface area contributed by atoms with Gasteiger partial charge in [0.15, 0.2) is 0 Å². The molecule has 11 rings (SSSR count). The highest BCUT2D eigenvalue weighted by molar-refractivity contribution is 6.62. The Balaban J connectivity index is 1.11. The van der Waals surface area contributed by atoms with Gasteiger partial charge in [0.2, 0.25) is 0 Å². The number of nitrogens with one attached hydrogen (secondary N) is 2. The molecule has 0 bridgehead atoms. The van der Waals surface area contributed by atoms with Gasteiger partial charge in [-0.15, -0.1) is 0 Å². The number of nitrogens with zero attached hydrogens (tertiary/aromatic N) is 10. The average molecular weight is 773 g/mol. The van der Waals surface area contributed by atoms with Gasteiger partial charge >= 0.3 is 0 Å². The van der Waals surface area contributed by atoms with Gasteiger partial charge in [0.05, 0.1) is 28.8 Å². The van der Waals surface area contributed by atoms with Crippen molar-refractivity contribution in [3.63, 3.8) is 0 Å². The summed E-state index contributed by atoms with van der Waals surface area (Å²) < 4.78 is 2.22. The first kappa shape index (κ1) is 34.6. The van der Waals surface area contributed by atoms with Crippen LogP contribution in [-0.2, 0) is 21.1 Å². The van der Waals surface area contributed by atoms with Crippen LogP contribution in [0.5, 0.6) is 0 Å². The van der Waals surface area contributed by atoms with E-state index in [9.17, 15) is 5.41 Å². The lowest BCUT2D eigenvalue weighted by atomic mass is 9.89. The molecule has 0 spiro atoms. The minimum Gasteiger partial charge on any atom is -0.367 e. The Hall–Kier alpha value is -7.60. The van der Waals surface area contributed by atoms with E-state index >= 15 is 0 Å². The van der Waals surface area contributed by atoms with Crippen molar-refractivity contribution in [2.45, 2.75) is 12.0 Å². The number of allylic oxidation sites excluding steroid dienone is 6. The lowest BCUT2D eigenvalue weighted by molar-refractivity contribution is 0.665. The Kier molecular flexibility index (Phi) is 7.61. The van der Waals surface area contributed by atoms with E-state index in [2.05, 4.69) is 136 Å². The Morgan fingerprint density at radius 1 is 0.695 bits per heavy atom. The van der Waals surface area contributed by atoms with E-state index in [1.807, 2.05) is 44.4 Å². The highest BCUT2D eigenvalue weighted by Gasteiger charge is 2.35.